The van der Waals surface area contributed by atoms with Gasteiger partial charge in [-0.3, -0.25) is 4.79 Å². The van der Waals surface area contributed by atoms with Gasteiger partial charge in [-0.15, -0.1) is 11.3 Å². The fraction of sp³-hybridized carbons (Fsp3) is 0.444. The van der Waals surface area contributed by atoms with E-state index in [1.165, 1.54) is 17.8 Å². The van der Waals surface area contributed by atoms with Crippen LogP contribution in [0.1, 0.15) is 43.3 Å². The topological polar surface area (TPSA) is 88.2 Å². The van der Waals surface area contributed by atoms with Gasteiger partial charge in [-0.1, -0.05) is 39.3 Å². The number of hydrogen-bond acceptors (Lipinski definition) is 6. The minimum atomic E-state index is -3.21. The monoisotopic (exact) mass is 395 g/mol. The summed E-state index contributed by atoms with van der Waals surface area (Å²) in [7, 11) is -3.21. The number of amides is 1. The third kappa shape index (κ3) is 5.36. The molecule has 1 aliphatic rings. The number of sulfone groups is 1. The Morgan fingerprint density at radius 3 is 2.42 bits per heavy atom. The van der Waals surface area contributed by atoms with Gasteiger partial charge >= 0.3 is 0 Å². The Morgan fingerprint density at radius 1 is 1.19 bits per heavy atom. The number of rotatable bonds is 5. The lowest BCUT2D eigenvalue weighted by Gasteiger charge is -2.05. The lowest BCUT2D eigenvalue weighted by molar-refractivity contribution is -0.115. The third-order valence-electron chi connectivity index (χ3n) is 3.63. The highest BCUT2D eigenvalue weighted by Crippen LogP contribution is 2.26. The molecule has 3 rings (SSSR count). The van der Waals surface area contributed by atoms with Crippen LogP contribution in [0.25, 0.3) is 0 Å². The summed E-state index contributed by atoms with van der Waals surface area (Å²) in [5, 5.41) is 6.61. The highest BCUT2D eigenvalue weighted by atomic mass is 32.2. The van der Waals surface area contributed by atoms with E-state index in [0.29, 0.717) is 5.13 Å². The van der Waals surface area contributed by atoms with E-state index < -0.39 is 9.84 Å². The molecular weight excluding hydrogens is 370 g/mol. The Kier molecular flexibility index (Phi) is 7.31. The minimum absolute atomic E-state index is 0.0659. The van der Waals surface area contributed by atoms with Crippen LogP contribution in [0, 0.1) is 0 Å². The Labute approximate surface area is 159 Å². The molecule has 2 N–H and O–H groups in total. The summed E-state index contributed by atoms with van der Waals surface area (Å²) in [6.07, 6.45) is 1.44. The number of carbonyl (C=O) groups excluding carboxylic acids is 1. The largest absolute Gasteiger partial charge is 0.306 e. The van der Waals surface area contributed by atoms with Crippen molar-refractivity contribution in [1.82, 2.24) is 10.3 Å². The Hall–Kier alpha value is -1.77. The Bertz CT molecular complexity index is 822. The van der Waals surface area contributed by atoms with Crippen LogP contribution in [0.4, 0.5) is 5.13 Å². The molecule has 0 bridgehead atoms. The molecule has 8 heteroatoms. The summed E-state index contributed by atoms with van der Waals surface area (Å²) in [5.41, 5.74) is 1.77. The fourth-order valence-electron chi connectivity index (χ4n) is 2.34. The fourth-order valence-corrected chi connectivity index (χ4v) is 4.19. The molecule has 1 aromatic carbocycles. The van der Waals surface area contributed by atoms with Crippen LogP contribution in [0.2, 0.25) is 0 Å². The van der Waals surface area contributed by atoms with E-state index in [0.717, 1.165) is 29.2 Å². The van der Waals surface area contributed by atoms with E-state index >= 15 is 0 Å². The summed E-state index contributed by atoms with van der Waals surface area (Å²) in [6.45, 7) is 7.41. The van der Waals surface area contributed by atoms with E-state index in [1.54, 1.807) is 31.2 Å². The number of benzene rings is 1. The molecular formula is C18H25N3O3S2. The normalized spacial score (nSPS) is 12.9. The van der Waals surface area contributed by atoms with Crippen molar-refractivity contribution < 1.29 is 13.2 Å². The average Bonchev–Trinajstić information content (AvgIpc) is 3.17. The molecule has 0 fully saturated rings. The minimum Gasteiger partial charge on any atom is -0.306 e. The van der Waals surface area contributed by atoms with Crippen LogP contribution in [-0.4, -0.2) is 25.1 Å². The van der Waals surface area contributed by atoms with Gasteiger partial charge in [0, 0.05) is 18.0 Å². The van der Waals surface area contributed by atoms with Crippen molar-refractivity contribution in [2.75, 3.05) is 11.1 Å². The maximum atomic E-state index is 12.1. The van der Waals surface area contributed by atoms with Crippen molar-refractivity contribution in [2.24, 2.45) is 0 Å². The summed E-state index contributed by atoms with van der Waals surface area (Å²) in [6, 6.07) is 6.44. The number of thiazole rings is 1. The van der Waals surface area contributed by atoms with E-state index in [2.05, 4.69) is 29.5 Å². The lowest BCUT2D eigenvalue weighted by atomic mass is 10.1. The van der Waals surface area contributed by atoms with Crippen molar-refractivity contribution in [3.63, 3.8) is 0 Å². The predicted octanol–water partition coefficient (Wildman–Crippen LogP) is 3.14. The second-order valence-corrected chi connectivity index (χ2v) is 9.33. The summed E-state index contributed by atoms with van der Waals surface area (Å²) in [4.78, 5) is 17.9. The van der Waals surface area contributed by atoms with Crippen LogP contribution >= 0.6 is 11.3 Å². The van der Waals surface area contributed by atoms with Gasteiger partial charge in [0.25, 0.3) is 0 Å². The predicted molar refractivity (Wildman–Crippen MR) is 105 cm³/mol. The first kappa shape index (κ1) is 20.5. The average molecular weight is 396 g/mol. The quantitative estimate of drug-likeness (QED) is 0.812. The van der Waals surface area contributed by atoms with Gasteiger partial charge in [-0.05, 0) is 17.7 Å². The molecule has 0 aliphatic carbocycles. The van der Waals surface area contributed by atoms with Gasteiger partial charge in [0.1, 0.15) is 0 Å². The second kappa shape index (κ2) is 9.25. The number of hydrogen-bond donors (Lipinski definition) is 2. The molecule has 1 amide bonds. The molecule has 0 spiro atoms. The van der Waals surface area contributed by atoms with Crippen LogP contribution in [-0.2, 0) is 34.1 Å². The highest BCUT2D eigenvalue weighted by Gasteiger charge is 2.17. The first-order valence-corrected chi connectivity index (χ1v) is 11.2. The maximum Gasteiger partial charge on any atom is 0.230 e. The van der Waals surface area contributed by atoms with Crippen molar-refractivity contribution in [3.05, 3.63) is 40.4 Å². The Balaban J connectivity index is 0.000000758. The van der Waals surface area contributed by atoms with Crippen LogP contribution in [0.5, 0.6) is 0 Å². The maximum absolute atomic E-state index is 12.1. The van der Waals surface area contributed by atoms with Crippen molar-refractivity contribution in [1.29, 1.82) is 0 Å². The molecule has 0 saturated carbocycles. The van der Waals surface area contributed by atoms with E-state index in [9.17, 15) is 13.2 Å². The van der Waals surface area contributed by atoms with E-state index in [1.807, 2.05) is 0 Å². The van der Waals surface area contributed by atoms with Gasteiger partial charge in [-0.25, -0.2) is 13.4 Å². The standard InChI is InChI=1S/C15H17N3O3S2.C3H8/c1-2-23(20,21)11-5-3-10(4-6-11)7-14(19)18-15-17-12-8-16-9-13(12)22-15;1-3-2/h3-6,16H,2,7-9H2,1H3,(H,17,18,19);3H2,1-2H3. The van der Waals surface area contributed by atoms with Crippen molar-refractivity contribution >= 4 is 32.2 Å². The number of fused-ring (bicyclic) bond motifs is 1. The van der Waals surface area contributed by atoms with Gasteiger partial charge < -0.3 is 10.6 Å². The molecule has 2 aromatic rings. The van der Waals surface area contributed by atoms with Crippen LogP contribution in [0.3, 0.4) is 0 Å². The zero-order valence-corrected chi connectivity index (χ0v) is 17.0. The second-order valence-electron chi connectivity index (χ2n) is 5.97. The van der Waals surface area contributed by atoms with Crippen molar-refractivity contribution in [2.45, 2.75) is 51.6 Å². The van der Waals surface area contributed by atoms with Gasteiger partial charge in [-0.2, -0.15) is 0 Å². The molecule has 1 aromatic heterocycles. The molecule has 26 heavy (non-hydrogen) atoms. The lowest BCUT2D eigenvalue weighted by Crippen LogP contribution is -2.14. The van der Waals surface area contributed by atoms with E-state index in [-0.39, 0.29) is 23.0 Å². The molecule has 2 heterocycles. The number of nitrogens with zero attached hydrogens (tertiary/aromatic N) is 1. The molecule has 6 nitrogen and oxygen atoms in total. The SMILES string of the molecule is CCC.CCS(=O)(=O)c1ccc(CC(=O)Nc2nc3c(s2)CNC3)cc1. The third-order valence-corrected chi connectivity index (χ3v) is 6.39. The molecule has 1 aliphatic heterocycles. The molecule has 0 saturated heterocycles. The number of carbonyl (C=O) groups is 1. The smallest absolute Gasteiger partial charge is 0.230 e. The van der Waals surface area contributed by atoms with Crippen LogP contribution < -0.4 is 10.6 Å². The molecule has 142 valence electrons. The first-order valence-electron chi connectivity index (χ1n) is 8.70. The summed E-state index contributed by atoms with van der Waals surface area (Å²) >= 11 is 1.48. The molecule has 0 unspecified atom stereocenters. The van der Waals surface area contributed by atoms with E-state index in [4.69, 9.17) is 0 Å². The van der Waals surface area contributed by atoms with Crippen molar-refractivity contribution in [3.8, 4) is 0 Å². The molecule has 0 atom stereocenters. The number of nitrogens with one attached hydrogen (secondary N) is 2. The zero-order chi connectivity index (χ0) is 19.2. The Morgan fingerprint density at radius 2 is 1.85 bits per heavy atom. The summed E-state index contributed by atoms with van der Waals surface area (Å²) < 4.78 is 23.5. The van der Waals surface area contributed by atoms with Gasteiger partial charge in [0.15, 0.2) is 15.0 Å². The number of aromatic nitrogens is 1. The molecule has 0 radical (unpaired) electrons. The first-order chi connectivity index (χ1) is 12.4. The number of anilines is 1. The van der Waals surface area contributed by atoms with Gasteiger partial charge in [0.2, 0.25) is 5.91 Å². The van der Waals surface area contributed by atoms with Crippen LogP contribution in [0.15, 0.2) is 29.2 Å². The highest BCUT2D eigenvalue weighted by molar-refractivity contribution is 7.91. The van der Waals surface area contributed by atoms with Gasteiger partial charge in [0.05, 0.1) is 22.8 Å². The zero-order valence-electron chi connectivity index (χ0n) is 15.3. The summed E-state index contributed by atoms with van der Waals surface area (Å²) in [5.74, 6) is -0.0902.